The number of halogens is 1. The molecule has 0 aromatic heterocycles. The second-order valence-corrected chi connectivity index (χ2v) is 4.07. The van der Waals surface area contributed by atoms with E-state index in [1.165, 1.54) is 13.0 Å². The van der Waals surface area contributed by atoms with Crippen LogP contribution in [-0.4, -0.2) is 18.4 Å². The van der Waals surface area contributed by atoms with Gasteiger partial charge >= 0.3 is 0 Å². The first-order chi connectivity index (χ1) is 7.49. The van der Waals surface area contributed by atoms with E-state index >= 15 is 0 Å². The molecule has 0 saturated carbocycles. The zero-order valence-electron chi connectivity index (χ0n) is 10.2. The number of rotatable bonds is 4. The lowest BCUT2D eigenvalue weighted by atomic mass is 10.1. The standard InChI is InChI=1S/C13H18FNO/c1-5-15(9(2)3)12-8-6-7-11(14)13(12)10(4)16/h6-9H,5H2,1-4H3. The Morgan fingerprint density at radius 1 is 1.44 bits per heavy atom. The lowest BCUT2D eigenvalue weighted by Gasteiger charge is -2.29. The molecule has 0 unspecified atom stereocenters. The van der Waals surface area contributed by atoms with Crippen molar-refractivity contribution >= 4 is 11.5 Å². The summed E-state index contributed by atoms with van der Waals surface area (Å²) in [6.45, 7) is 8.20. The van der Waals surface area contributed by atoms with Gasteiger partial charge in [-0.1, -0.05) is 6.07 Å². The van der Waals surface area contributed by atoms with Crippen molar-refractivity contribution in [1.29, 1.82) is 0 Å². The Labute approximate surface area is 96.1 Å². The maximum absolute atomic E-state index is 13.6. The molecule has 16 heavy (non-hydrogen) atoms. The average molecular weight is 223 g/mol. The molecule has 0 fully saturated rings. The number of carbonyl (C=O) groups excluding carboxylic acids is 1. The van der Waals surface area contributed by atoms with Gasteiger partial charge in [-0.25, -0.2) is 4.39 Å². The van der Waals surface area contributed by atoms with E-state index in [2.05, 4.69) is 0 Å². The van der Waals surface area contributed by atoms with Gasteiger partial charge in [0.2, 0.25) is 0 Å². The molecule has 0 amide bonds. The van der Waals surface area contributed by atoms with Crippen LogP contribution in [-0.2, 0) is 0 Å². The predicted molar refractivity (Wildman–Crippen MR) is 64.6 cm³/mol. The molecule has 88 valence electrons. The Morgan fingerprint density at radius 3 is 2.50 bits per heavy atom. The molecule has 3 heteroatoms. The summed E-state index contributed by atoms with van der Waals surface area (Å²) in [7, 11) is 0. The molecule has 0 aliphatic heterocycles. The van der Waals surface area contributed by atoms with Gasteiger partial charge in [0.1, 0.15) is 5.82 Å². The summed E-state index contributed by atoms with van der Waals surface area (Å²) in [6.07, 6.45) is 0. The van der Waals surface area contributed by atoms with Crippen LogP contribution in [0.15, 0.2) is 18.2 Å². The second kappa shape index (κ2) is 5.10. The van der Waals surface area contributed by atoms with Crippen molar-refractivity contribution in [3.05, 3.63) is 29.6 Å². The van der Waals surface area contributed by atoms with Gasteiger partial charge in [-0.3, -0.25) is 4.79 Å². The molecule has 0 aliphatic rings. The Morgan fingerprint density at radius 2 is 2.06 bits per heavy atom. The maximum atomic E-state index is 13.6. The first-order valence-electron chi connectivity index (χ1n) is 5.55. The molecule has 0 spiro atoms. The second-order valence-electron chi connectivity index (χ2n) is 4.07. The van der Waals surface area contributed by atoms with E-state index in [0.29, 0.717) is 5.69 Å². The van der Waals surface area contributed by atoms with E-state index in [1.54, 1.807) is 12.1 Å². The van der Waals surface area contributed by atoms with Gasteiger partial charge in [-0.2, -0.15) is 0 Å². The highest BCUT2D eigenvalue weighted by Gasteiger charge is 2.18. The minimum Gasteiger partial charge on any atom is -0.369 e. The molecule has 0 aliphatic carbocycles. The highest BCUT2D eigenvalue weighted by molar-refractivity contribution is 6.00. The summed E-state index contributed by atoms with van der Waals surface area (Å²) >= 11 is 0. The fourth-order valence-corrected chi connectivity index (χ4v) is 1.91. The van der Waals surface area contributed by atoms with Crippen LogP contribution in [0.25, 0.3) is 0 Å². The van der Waals surface area contributed by atoms with Gasteiger partial charge in [-0.15, -0.1) is 0 Å². The zero-order valence-corrected chi connectivity index (χ0v) is 10.2. The fraction of sp³-hybridized carbons (Fsp3) is 0.462. The van der Waals surface area contributed by atoms with E-state index in [9.17, 15) is 9.18 Å². The molecule has 1 aromatic rings. The van der Waals surface area contributed by atoms with Crippen molar-refractivity contribution in [3.63, 3.8) is 0 Å². The van der Waals surface area contributed by atoms with Gasteiger partial charge < -0.3 is 4.90 Å². The number of nitrogens with zero attached hydrogens (tertiary/aromatic N) is 1. The molecule has 0 bridgehead atoms. The van der Waals surface area contributed by atoms with E-state index in [1.807, 2.05) is 25.7 Å². The lowest BCUT2D eigenvalue weighted by molar-refractivity contribution is 0.101. The van der Waals surface area contributed by atoms with Crippen molar-refractivity contribution in [2.75, 3.05) is 11.4 Å². The maximum Gasteiger partial charge on any atom is 0.164 e. The third kappa shape index (κ3) is 2.40. The van der Waals surface area contributed by atoms with E-state index in [-0.39, 0.29) is 17.4 Å². The van der Waals surface area contributed by atoms with Crippen molar-refractivity contribution in [2.24, 2.45) is 0 Å². The largest absolute Gasteiger partial charge is 0.369 e. The Balaban J connectivity index is 3.31. The molecule has 2 nitrogen and oxygen atoms in total. The Kier molecular flexibility index (Phi) is 4.05. The van der Waals surface area contributed by atoms with Crippen LogP contribution >= 0.6 is 0 Å². The summed E-state index contributed by atoms with van der Waals surface area (Å²) in [5.41, 5.74) is 0.878. The molecule has 1 rings (SSSR count). The van der Waals surface area contributed by atoms with Crippen LogP contribution in [0.5, 0.6) is 0 Å². The minimum atomic E-state index is -0.441. The smallest absolute Gasteiger partial charge is 0.164 e. The third-order valence-electron chi connectivity index (χ3n) is 2.62. The number of anilines is 1. The number of hydrogen-bond acceptors (Lipinski definition) is 2. The highest BCUT2D eigenvalue weighted by Crippen LogP contribution is 2.25. The van der Waals surface area contributed by atoms with E-state index < -0.39 is 5.82 Å². The van der Waals surface area contributed by atoms with Crippen LogP contribution in [0.3, 0.4) is 0 Å². The van der Waals surface area contributed by atoms with Crippen LogP contribution in [0.2, 0.25) is 0 Å². The van der Waals surface area contributed by atoms with Crippen LogP contribution < -0.4 is 4.90 Å². The Hall–Kier alpha value is -1.38. The van der Waals surface area contributed by atoms with E-state index in [0.717, 1.165) is 6.54 Å². The number of carbonyl (C=O) groups is 1. The van der Waals surface area contributed by atoms with Gasteiger partial charge in [0.15, 0.2) is 5.78 Å². The number of benzene rings is 1. The van der Waals surface area contributed by atoms with Crippen LogP contribution in [0.1, 0.15) is 38.1 Å². The van der Waals surface area contributed by atoms with Crippen molar-refractivity contribution < 1.29 is 9.18 Å². The summed E-state index contributed by atoms with van der Waals surface area (Å²) in [4.78, 5) is 13.5. The number of hydrogen-bond donors (Lipinski definition) is 0. The van der Waals surface area contributed by atoms with Crippen molar-refractivity contribution in [3.8, 4) is 0 Å². The molecule has 0 radical (unpaired) electrons. The SMILES string of the molecule is CCN(c1cccc(F)c1C(C)=O)C(C)C. The predicted octanol–water partition coefficient (Wildman–Crippen LogP) is 3.26. The first-order valence-corrected chi connectivity index (χ1v) is 5.55. The first kappa shape index (κ1) is 12.7. The van der Waals surface area contributed by atoms with Crippen LogP contribution in [0.4, 0.5) is 10.1 Å². The van der Waals surface area contributed by atoms with Gasteiger partial charge in [0.25, 0.3) is 0 Å². The van der Waals surface area contributed by atoms with Gasteiger partial charge in [0.05, 0.1) is 11.3 Å². The summed E-state index contributed by atoms with van der Waals surface area (Å²) in [5, 5.41) is 0. The molecule has 0 N–H and O–H groups in total. The van der Waals surface area contributed by atoms with Gasteiger partial charge in [-0.05, 0) is 39.8 Å². The molecule has 1 aromatic carbocycles. The summed E-state index contributed by atoms with van der Waals surface area (Å²) < 4.78 is 13.6. The lowest BCUT2D eigenvalue weighted by Crippen LogP contribution is -2.31. The topological polar surface area (TPSA) is 20.3 Å². The normalized spacial score (nSPS) is 10.6. The molecule has 0 heterocycles. The third-order valence-corrected chi connectivity index (χ3v) is 2.62. The van der Waals surface area contributed by atoms with Gasteiger partial charge in [0, 0.05) is 12.6 Å². The van der Waals surface area contributed by atoms with Crippen molar-refractivity contribution in [1.82, 2.24) is 0 Å². The average Bonchev–Trinajstić information content (AvgIpc) is 2.17. The molecule has 0 atom stereocenters. The molecular weight excluding hydrogens is 205 g/mol. The summed E-state index contributed by atoms with van der Waals surface area (Å²) in [6, 6.07) is 5.00. The highest BCUT2D eigenvalue weighted by atomic mass is 19.1. The minimum absolute atomic E-state index is 0.193. The monoisotopic (exact) mass is 223 g/mol. The van der Waals surface area contributed by atoms with Crippen molar-refractivity contribution in [2.45, 2.75) is 33.7 Å². The number of Topliss-reactive ketones (excluding diaryl/α,β-unsaturated/α-hetero) is 1. The fourth-order valence-electron chi connectivity index (χ4n) is 1.91. The van der Waals surface area contributed by atoms with Crippen LogP contribution in [0, 0.1) is 5.82 Å². The number of ketones is 1. The summed E-state index contributed by atoms with van der Waals surface area (Å²) in [5.74, 6) is -0.670. The quantitative estimate of drug-likeness (QED) is 0.730. The van der Waals surface area contributed by atoms with E-state index in [4.69, 9.17) is 0 Å². The zero-order chi connectivity index (χ0) is 12.3. The Bertz CT molecular complexity index is 388. The molecule has 0 saturated heterocycles. The molecular formula is C13H18FNO.